The third-order valence-electron chi connectivity index (χ3n) is 2.84. The Hall–Kier alpha value is -2.01. The van der Waals surface area contributed by atoms with Crippen LogP contribution in [0.1, 0.15) is 18.9 Å². The minimum absolute atomic E-state index is 0.220. The van der Waals surface area contributed by atoms with Gasteiger partial charge in [-0.25, -0.2) is 4.68 Å². The summed E-state index contributed by atoms with van der Waals surface area (Å²) in [7, 11) is 2.00. The molecule has 0 bridgehead atoms. The van der Waals surface area contributed by atoms with Crippen molar-refractivity contribution in [2.24, 2.45) is 0 Å². The number of aromatic nitrogens is 3. The lowest BCUT2D eigenvalue weighted by Crippen LogP contribution is -2.20. The molecule has 0 saturated heterocycles. The summed E-state index contributed by atoms with van der Waals surface area (Å²) < 4.78 is 1.81. The van der Waals surface area contributed by atoms with Crippen molar-refractivity contribution in [1.82, 2.24) is 19.7 Å². The molecule has 2 heterocycles. The van der Waals surface area contributed by atoms with Gasteiger partial charge >= 0.3 is 0 Å². The van der Waals surface area contributed by atoms with Crippen LogP contribution in [-0.2, 0) is 11.3 Å². The number of ketones is 1. The summed E-state index contributed by atoms with van der Waals surface area (Å²) in [6.45, 7) is 3.18. The summed E-state index contributed by atoms with van der Waals surface area (Å²) in [5.41, 5.74) is 2.06. The number of rotatable bonds is 6. The quantitative estimate of drug-likeness (QED) is 0.791. The number of hydrogen-bond acceptors (Lipinski definition) is 4. The Morgan fingerprint density at radius 1 is 1.42 bits per heavy atom. The van der Waals surface area contributed by atoms with E-state index in [-0.39, 0.29) is 5.78 Å². The summed E-state index contributed by atoms with van der Waals surface area (Å²) in [4.78, 5) is 17.1. The molecule has 5 nitrogen and oxygen atoms in total. The highest BCUT2D eigenvalue weighted by molar-refractivity contribution is 5.75. The molecule has 0 aliphatic heterocycles. The molecule has 2 rings (SSSR count). The van der Waals surface area contributed by atoms with E-state index in [1.54, 1.807) is 24.0 Å². The molecule has 100 valence electrons. The van der Waals surface area contributed by atoms with Gasteiger partial charge in [0, 0.05) is 37.5 Å². The zero-order chi connectivity index (χ0) is 13.7. The maximum absolute atomic E-state index is 10.9. The van der Waals surface area contributed by atoms with Gasteiger partial charge in [0.05, 0.1) is 18.1 Å². The number of carbonyl (C=O) groups excluding carboxylic acids is 1. The van der Waals surface area contributed by atoms with Crippen LogP contribution in [0.15, 0.2) is 36.9 Å². The Labute approximate surface area is 112 Å². The fourth-order valence-electron chi connectivity index (χ4n) is 1.81. The monoisotopic (exact) mass is 258 g/mol. The van der Waals surface area contributed by atoms with Crippen molar-refractivity contribution in [3.8, 4) is 5.69 Å². The van der Waals surface area contributed by atoms with Crippen molar-refractivity contribution < 1.29 is 4.79 Å². The molecule has 0 radical (unpaired) electrons. The Kier molecular flexibility index (Phi) is 4.41. The molecule has 2 aromatic heterocycles. The maximum Gasteiger partial charge on any atom is 0.131 e. The van der Waals surface area contributed by atoms with Crippen LogP contribution in [0, 0.1) is 0 Å². The largest absolute Gasteiger partial charge is 0.302 e. The van der Waals surface area contributed by atoms with E-state index in [0.29, 0.717) is 6.42 Å². The zero-order valence-electron chi connectivity index (χ0n) is 11.3. The molecule has 0 aliphatic carbocycles. The second kappa shape index (κ2) is 6.24. The highest BCUT2D eigenvalue weighted by atomic mass is 16.1. The first-order valence-corrected chi connectivity index (χ1v) is 6.27. The van der Waals surface area contributed by atoms with Gasteiger partial charge in [0.1, 0.15) is 5.78 Å². The van der Waals surface area contributed by atoms with E-state index >= 15 is 0 Å². The van der Waals surface area contributed by atoms with E-state index in [9.17, 15) is 4.79 Å². The summed E-state index contributed by atoms with van der Waals surface area (Å²) in [6.07, 6.45) is 7.94. The lowest BCUT2D eigenvalue weighted by Gasteiger charge is -2.14. The van der Waals surface area contributed by atoms with E-state index in [0.717, 1.165) is 24.3 Å². The SMILES string of the molecule is CC(=O)CCN(C)Cc1cnn(-c2cccnc2)c1. The number of nitrogens with zero attached hydrogens (tertiary/aromatic N) is 4. The molecule has 19 heavy (non-hydrogen) atoms. The normalized spacial score (nSPS) is 10.9. The van der Waals surface area contributed by atoms with Gasteiger partial charge in [-0.3, -0.25) is 9.78 Å². The molecule has 0 atom stereocenters. The van der Waals surface area contributed by atoms with Crippen LogP contribution < -0.4 is 0 Å². The number of carbonyl (C=O) groups is 1. The second-order valence-electron chi connectivity index (χ2n) is 4.69. The van der Waals surface area contributed by atoms with Crippen molar-refractivity contribution in [2.45, 2.75) is 19.9 Å². The highest BCUT2D eigenvalue weighted by Crippen LogP contribution is 2.08. The average Bonchev–Trinajstić information content (AvgIpc) is 2.86. The highest BCUT2D eigenvalue weighted by Gasteiger charge is 2.05. The van der Waals surface area contributed by atoms with Crippen LogP contribution in [0.2, 0.25) is 0 Å². The number of hydrogen-bond donors (Lipinski definition) is 0. The average molecular weight is 258 g/mol. The topological polar surface area (TPSA) is 51.0 Å². The predicted molar refractivity (Wildman–Crippen MR) is 73.0 cm³/mol. The Morgan fingerprint density at radius 2 is 2.26 bits per heavy atom. The van der Waals surface area contributed by atoms with Crippen LogP contribution in [0.25, 0.3) is 5.69 Å². The number of pyridine rings is 1. The van der Waals surface area contributed by atoms with Gasteiger partial charge in [-0.2, -0.15) is 5.10 Å². The zero-order valence-corrected chi connectivity index (χ0v) is 11.3. The summed E-state index contributed by atoms with van der Waals surface area (Å²) >= 11 is 0. The van der Waals surface area contributed by atoms with Gasteiger partial charge < -0.3 is 4.90 Å². The molecular weight excluding hydrogens is 240 g/mol. The smallest absolute Gasteiger partial charge is 0.131 e. The standard InChI is InChI=1S/C14H18N4O/c1-12(19)5-7-17(2)10-13-8-16-18(11-13)14-4-3-6-15-9-14/h3-4,6,8-9,11H,5,7,10H2,1-2H3. The molecule has 0 fully saturated rings. The van der Waals surface area contributed by atoms with Gasteiger partial charge in [-0.1, -0.05) is 0 Å². The van der Waals surface area contributed by atoms with Gasteiger partial charge in [0.2, 0.25) is 0 Å². The lowest BCUT2D eigenvalue weighted by molar-refractivity contribution is -0.117. The van der Waals surface area contributed by atoms with E-state index < -0.39 is 0 Å². The van der Waals surface area contributed by atoms with E-state index in [2.05, 4.69) is 15.0 Å². The Morgan fingerprint density at radius 3 is 2.95 bits per heavy atom. The Balaban J connectivity index is 1.96. The van der Waals surface area contributed by atoms with Crippen LogP contribution >= 0.6 is 0 Å². The molecule has 0 saturated carbocycles. The van der Waals surface area contributed by atoms with E-state index in [4.69, 9.17) is 0 Å². The van der Waals surface area contributed by atoms with Gasteiger partial charge in [-0.15, -0.1) is 0 Å². The van der Waals surface area contributed by atoms with Crippen LogP contribution in [0.5, 0.6) is 0 Å². The van der Waals surface area contributed by atoms with Gasteiger partial charge in [0.15, 0.2) is 0 Å². The molecular formula is C14H18N4O. The molecule has 5 heteroatoms. The molecule has 0 unspecified atom stereocenters. The minimum Gasteiger partial charge on any atom is -0.302 e. The van der Waals surface area contributed by atoms with Crippen molar-refractivity contribution >= 4 is 5.78 Å². The van der Waals surface area contributed by atoms with Gasteiger partial charge in [-0.05, 0) is 26.1 Å². The van der Waals surface area contributed by atoms with Crippen molar-refractivity contribution in [1.29, 1.82) is 0 Å². The van der Waals surface area contributed by atoms with Crippen molar-refractivity contribution in [3.63, 3.8) is 0 Å². The molecule has 0 N–H and O–H groups in total. The van der Waals surface area contributed by atoms with E-state index in [1.807, 2.05) is 31.6 Å². The summed E-state index contributed by atoms with van der Waals surface area (Å²) in [6, 6.07) is 3.85. The lowest BCUT2D eigenvalue weighted by atomic mass is 10.3. The first-order valence-electron chi connectivity index (χ1n) is 6.27. The maximum atomic E-state index is 10.9. The fourth-order valence-corrected chi connectivity index (χ4v) is 1.81. The molecule has 0 aromatic carbocycles. The van der Waals surface area contributed by atoms with Crippen molar-refractivity contribution in [3.05, 3.63) is 42.5 Å². The third-order valence-corrected chi connectivity index (χ3v) is 2.84. The third kappa shape index (κ3) is 3.99. The summed E-state index contributed by atoms with van der Waals surface area (Å²) in [5, 5.41) is 4.32. The Bertz CT molecular complexity index is 535. The van der Waals surface area contributed by atoms with Gasteiger partial charge in [0.25, 0.3) is 0 Å². The van der Waals surface area contributed by atoms with Crippen LogP contribution in [-0.4, -0.2) is 39.0 Å². The molecule has 0 aliphatic rings. The molecule has 0 spiro atoms. The molecule has 0 amide bonds. The second-order valence-corrected chi connectivity index (χ2v) is 4.69. The number of Topliss-reactive ketones (excluding diaryl/α,β-unsaturated/α-hetero) is 1. The predicted octanol–water partition coefficient (Wildman–Crippen LogP) is 1.68. The fraction of sp³-hybridized carbons (Fsp3) is 0.357. The van der Waals surface area contributed by atoms with Crippen LogP contribution in [0.3, 0.4) is 0 Å². The van der Waals surface area contributed by atoms with Crippen LogP contribution in [0.4, 0.5) is 0 Å². The van der Waals surface area contributed by atoms with E-state index in [1.165, 1.54) is 0 Å². The first kappa shape index (κ1) is 13.4. The first-order chi connectivity index (χ1) is 9.15. The summed E-state index contributed by atoms with van der Waals surface area (Å²) in [5.74, 6) is 0.220. The van der Waals surface area contributed by atoms with Crippen molar-refractivity contribution in [2.75, 3.05) is 13.6 Å². The minimum atomic E-state index is 0.220. The molecule has 2 aromatic rings.